The zero-order valence-electron chi connectivity index (χ0n) is 15.0. The number of benzene rings is 1. The second-order valence-corrected chi connectivity index (χ2v) is 7.79. The summed E-state index contributed by atoms with van der Waals surface area (Å²) < 4.78 is 0. The van der Waals surface area contributed by atoms with Crippen molar-refractivity contribution < 1.29 is 4.79 Å². The van der Waals surface area contributed by atoms with Crippen molar-refractivity contribution in [3.63, 3.8) is 0 Å². The summed E-state index contributed by atoms with van der Waals surface area (Å²) in [5.41, 5.74) is 5.26. The summed E-state index contributed by atoms with van der Waals surface area (Å²) in [6.45, 7) is 3.76. The molecule has 0 bridgehead atoms. The maximum Gasteiger partial charge on any atom is 0.231 e. The molecule has 2 atom stereocenters. The molecule has 2 unspecified atom stereocenters. The van der Waals surface area contributed by atoms with E-state index in [9.17, 15) is 4.79 Å². The van der Waals surface area contributed by atoms with E-state index in [1.807, 2.05) is 0 Å². The van der Waals surface area contributed by atoms with Gasteiger partial charge in [0.1, 0.15) is 0 Å². The Morgan fingerprint density at radius 1 is 1.36 bits per heavy atom. The number of hydrogen-bond acceptors (Lipinski definition) is 2. The van der Waals surface area contributed by atoms with Crippen LogP contribution >= 0.6 is 0 Å². The van der Waals surface area contributed by atoms with Crippen LogP contribution in [0.5, 0.6) is 0 Å². The Labute approximate surface area is 148 Å². The maximum absolute atomic E-state index is 13.1. The van der Waals surface area contributed by atoms with Crippen LogP contribution in [0.3, 0.4) is 0 Å². The molecule has 25 heavy (non-hydrogen) atoms. The number of carbonyl (C=O) groups excluding carboxylic acids is 1. The third-order valence-corrected chi connectivity index (χ3v) is 6.20. The number of nitrogens with zero attached hydrogens (tertiary/aromatic N) is 2. The van der Waals surface area contributed by atoms with Gasteiger partial charge in [0, 0.05) is 42.3 Å². The lowest BCUT2D eigenvalue weighted by Gasteiger charge is -2.40. The Bertz CT molecular complexity index is 876. The Hall–Kier alpha value is -2.07. The topological polar surface area (TPSA) is 39.3 Å². The number of nitrogens with one attached hydrogen (secondary N) is 1. The SMILES string of the molecule is CCN(C(=O)C1C=C2c3cccc4[nH]cc(c34)CC2N(C)C1)C1CC1. The number of fused-ring (bicyclic) bond motifs is 2. The summed E-state index contributed by atoms with van der Waals surface area (Å²) in [4.78, 5) is 21.0. The molecule has 5 rings (SSSR count). The number of aromatic nitrogens is 1. The Balaban J connectivity index is 1.58. The van der Waals surface area contributed by atoms with Gasteiger partial charge in [-0.15, -0.1) is 0 Å². The first-order valence-corrected chi connectivity index (χ1v) is 9.49. The monoisotopic (exact) mass is 335 g/mol. The van der Waals surface area contributed by atoms with Crippen LogP contribution in [0, 0.1) is 5.92 Å². The van der Waals surface area contributed by atoms with Crippen LogP contribution in [0.1, 0.15) is 30.9 Å². The van der Waals surface area contributed by atoms with Gasteiger partial charge in [-0.2, -0.15) is 0 Å². The fourth-order valence-corrected chi connectivity index (χ4v) is 4.80. The molecule has 1 saturated carbocycles. The van der Waals surface area contributed by atoms with Gasteiger partial charge in [0.15, 0.2) is 0 Å². The minimum absolute atomic E-state index is 0.0208. The first-order valence-electron chi connectivity index (χ1n) is 9.49. The van der Waals surface area contributed by atoms with Crippen molar-refractivity contribution in [2.24, 2.45) is 5.92 Å². The highest BCUT2D eigenvalue weighted by Gasteiger charge is 2.39. The van der Waals surface area contributed by atoms with Crippen LogP contribution in [0.25, 0.3) is 16.5 Å². The lowest BCUT2D eigenvalue weighted by molar-refractivity contribution is -0.135. The summed E-state index contributed by atoms with van der Waals surface area (Å²) in [6, 6.07) is 7.36. The number of likely N-dealkylation sites (N-methyl/N-ethyl adjacent to an activating group) is 1. The lowest BCUT2D eigenvalue weighted by atomic mass is 9.79. The van der Waals surface area contributed by atoms with Gasteiger partial charge in [-0.05, 0) is 56.0 Å². The average molecular weight is 335 g/mol. The van der Waals surface area contributed by atoms with E-state index in [4.69, 9.17) is 0 Å². The third kappa shape index (κ3) is 2.27. The molecule has 4 nitrogen and oxygen atoms in total. The number of H-pyrrole nitrogens is 1. The number of hydrogen-bond donors (Lipinski definition) is 1. The van der Waals surface area contributed by atoms with Gasteiger partial charge in [-0.3, -0.25) is 9.69 Å². The number of carbonyl (C=O) groups is 1. The zero-order valence-corrected chi connectivity index (χ0v) is 15.0. The molecule has 2 heterocycles. The molecule has 3 aliphatic rings. The molecular weight excluding hydrogens is 310 g/mol. The van der Waals surface area contributed by atoms with Crippen molar-refractivity contribution in [2.45, 2.75) is 38.3 Å². The van der Waals surface area contributed by atoms with Crippen LogP contribution in [-0.4, -0.2) is 52.9 Å². The number of aromatic amines is 1. The molecule has 4 heteroatoms. The summed E-state index contributed by atoms with van der Waals surface area (Å²) in [5, 5.41) is 1.35. The zero-order chi connectivity index (χ0) is 17.1. The van der Waals surface area contributed by atoms with Gasteiger partial charge in [0.25, 0.3) is 0 Å². The van der Waals surface area contributed by atoms with Crippen LogP contribution < -0.4 is 0 Å². The quantitative estimate of drug-likeness (QED) is 0.936. The van der Waals surface area contributed by atoms with Crippen molar-refractivity contribution in [3.8, 4) is 0 Å². The molecule has 1 amide bonds. The van der Waals surface area contributed by atoms with Gasteiger partial charge in [0.2, 0.25) is 5.91 Å². The number of rotatable bonds is 3. The molecule has 2 aromatic rings. The summed E-state index contributed by atoms with van der Waals surface area (Å²) in [7, 11) is 2.17. The highest BCUT2D eigenvalue weighted by atomic mass is 16.2. The molecule has 2 aliphatic carbocycles. The van der Waals surface area contributed by atoms with E-state index < -0.39 is 0 Å². The Morgan fingerprint density at radius 3 is 2.96 bits per heavy atom. The molecule has 0 saturated heterocycles. The first-order chi connectivity index (χ1) is 12.2. The van der Waals surface area contributed by atoms with Crippen molar-refractivity contribution >= 4 is 22.4 Å². The first kappa shape index (κ1) is 15.2. The van der Waals surface area contributed by atoms with Crippen molar-refractivity contribution in [2.75, 3.05) is 20.1 Å². The van der Waals surface area contributed by atoms with Gasteiger partial charge >= 0.3 is 0 Å². The van der Waals surface area contributed by atoms with Crippen molar-refractivity contribution in [3.05, 3.63) is 41.6 Å². The third-order valence-electron chi connectivity index (χ3n) is 6.20. The van der Waals surface area contributed by atoms with Crippen molar-refractivity contribution in [1.82, 2.24) is 14.8 Å². The largest absolute Gasteiger partial charge is 0.361 e. The fourth-order valence-electron chi connectivity index (χ4n) is 4.80. The second kappa shape index (κ2) is 5.46. The van der Waals surface area contributed by atoms with Gasteiger partial charge in [-0.1, -0.05) is 18.2 Å². The summed E-state index contributed by atoms with van der Waals surface area (Å²) >= 11 is 0. The lowest BCUT2D eigenvalue weighted by Crippen LogP contribution is -2.48. The molecule has 130 valence electrons. The molecule has 1 N–H and O–H groups in total. The fraction of sp³-hybridized carbons (Fsp3) is 0.476. The van der Waals surface area contributed by atoms with E-state index in [-0.39, 0.29) is 5.92 Å². The molecule has 0 spiro atoms. The van der Waals surface area contributed by atoms with E-state index in [0.29, 0.717) is 18.0 Å². The van der Waals surface area contributed by atoms with E-state index in [2.05, 4.69) is 59.2 Å². The van der Waals surface area contributed by atoms with E-state index >= 15 is 0 Å². The predicted octanol–water partition coefficient (Wildman–Crippen LogP) is 3.05. The highest BCUT2D eigenvalue weighted by molar-refractivity contribution is 5.99. The molecular formula is C21H25N3O. The number of amides is 1. The van der Waals surface area contributed by atoms with Crippen LogP contribution in [0.4, 0.5) is 0 Å². The van der Waals surface area contributed by atoms with E-state index in [1.54, 1.807) is 0 Å². The standard InChI is InChI=1S/C21H25N3O/c1-3-24(15-7-8-15)21(25)14-9-17-16-5-4-6-18-20(16)13(11-22-18)10-19(17)23(2)12-14/h4-6,9,11,14-15,19,22H,3,7-8,10,12H2,1-2H3. The smallest absolute Gasteiger partial charge is 0.231 e. The molecule has 1 aromatic carbocycles. The highest BCUT2D eigenvalue weighted by Crippen LogP contribution is 2.41. The molecule has 1 aliphatic heterocycles. The maximum atomic E-state index is 13.1. The van der Waals surface area contributed by atoms with Crippen LogP contribution in [0.2, 0.25) is 0 Å². The van der Waals surface area contributed by atoms with Gasteiger partial charge < -0.3 is 9.88 Å². The molecule has 1 fully saturated rings. The predicted molar refractivity (Wildman–Crippen MR) is 100 cm³/mol. The van der Waals surface area contributed by atoms with Crippen LogP contribution in [0.15, 0.2) is 30.5 Å². The van der Waals surface area contributed by atoms with Crippen molar-refractivity contribution in [1.29, 1.82) is 0 Å². The molecule has 0 radical (unpaired) electrons. The van der Waals surface area contributed by atoms with Gasteiger partial charge in [-0.25, -0.2) is 0 Å². The Morgan fingerprint density at radius 2 is 2.20 bits per heavy atom. The summed E-state index contributed by atoms with van der Waals surface area (Å²) in [6.07, 6.45) is 7.81. The van der Waals surface area contributed by atoms with E-state index in [1.165, 1.54) is 40.4 Å². The average Bonchev–Trinajstić information content (AvgIpc) is 3.37. The summed E-state index contributed by atoms with van der Waals surface area (Å²) in [5.74, 6) is 0.294. The Kier molecular flexibility index (Phi) is 3.32. The molecule has 1 aromatic heterocycles. The van der Waals surface area contributed by atoms with Gasteiger partial charge in [0.05, 0.1) is 5.92 Å². The minimum atomic E-state index is -0.0208. The minimum Gasteiger partial charge on any atom is -0.361 e. The second-order valence-electron chi connectivity index (χ2n) is 7.79. The van der Waals surface area contributed by atoms with Crippen LogP contribution in [-0.2, 0) is 11.2 Å². The van der Waals surface area contributed by atoms with E-state index in [0.717, 1.165) is 19.5 Å². The normalized spacial score (nSPS) is 25.6.